The van der Waals surface area contributed by atoms with Crippen LogP contribution in [0.4, 0.5) is 10.1 Å². The van der Waals surface area contributed by atoms with Gasteiger partial charge in [0.1, 0.15) is 11.6 Å². The van der Waals surface area contributed by atoms with Gasteiger partial charge in [-0.25, -0.2) is 4.39 Å². The number of hydrogen-bond acceptors (Lipinski definition) is 4. The quantitative estimate of drug-likeness (QED) is 0.727. The summed E-state index contributed by atoms with van der Waals surface area (Å²) in [6.45, 7) is 4.33. The van der Waals surface area contributed by atoms with Crippen molar-refractivity contribution in [1.82, 2.24) is 5.32 Å². The van der Waals surface area contributed by atoms with Gasteiger partial charge in [-0.3, -0.25) is 9.59 Å². The summed E-state index contributed by atoms with van der Waals surface area (Å²) >= 11 is 0. The van der Waals surface area contributed by atoms with Crippen LogP contribution in [0.2, 0.25) is 0 Å². The number of hydrogen-bond donors (Lipinski definition) is 2. The molecule has 0 saturated carbocycles. The van der Waals surface area contributed by atoms with E-state index in [-0.39, 0.29) is 17.5 Å². The number of nitrogens with one attached hydrogen (secondary N) is 2. The Bertz CT molecular complexity index is 1070. The number of rotatable bonds is 5. The molecule has 1 heterocycles. The highest BCUT2D eigenvalue weighted by atomic mass is 19.1. The van der Waals surface area contributed by atoms with Crippen molar-refractivity contribution < 1.29 is 18.7 Å². The predicted octanol–water partition coefficient (Wildman–Crippen LogP) is 4.83. The molecular weight excluding hydrogens is 395 g/mol. The summed E-state index contributed by atoms with van der Waals surface area (Å²) in [6.07, 6.45) is 2.05. The summed E-state index contributed by atoms with van der Waals surface area (Å²) in [5.41, 5.74) is 4.11. The molecule has 2 aliphatic rings. The second kappa shape index (κ2) is 8.76. The molecule has 2 aromatic carbocycles. The maximum Gasteiger partial charge on any atom is 0.254 e. The van der Waals surface area contributed by atoms with Gasteiger partial charge in [0, 0.05) is 40.6 Å². The Morgan fingerprint density at radius 1 is 1.13 bits per heavy atom. The van der Waals surface area contributed by atoms with Gasteiger partial charge in [0.25, 0.3) is 5.91 Å². The van der Waals surface area contributed by atoms with E-state index in [1.54, 1.807) is 0 Å². The van der Waals surface area contributed by atoms with Crippen LogP contribution in [0.15, 0.2) is 71.1 Å². The number of Topliss-reactive ketones (excluding diaryl/α,β-unsaturated/α-hetero) is 1. The van der Waals surface area contributed by atoms with Gasteiger partial charge in [-0.05, 0) is 68.7 Å². The van der Waals surface area contributed by atoms with Crippen LogP contribution in [0.5, 0.6) is 5.75 Å². The van der Waals surface area contributed by atoms with Crippen molar-refractivity contribution in [1.29, 1.82) is 0 Å². The molecule has 2 aromatic rings. The van der Waals surface area contributed by atoms with E-state index >= 15 is 0 Å². The van der Waals surface area contributed by atoms with Gasteiger partial charge in [0.05, 0.1) is 6.61 Å². The zero-order valence-corrected chi connectivity index (χ0v) is 17.6. The Labute approximate surface area is 181 Å². The molecule has 1 aliphatic carbocycles. The van der Waals surface area contributed by atoms with E-state index in [9.17, 15) is 14.0 Å². The van der Waals surface area contributed by atoms with Crippen molar-refractivity contribution >= 4 is 17.4 Å². The molecule has 0 fully saturated rings. The maximum atomic E-state index is 13.3. The van der Waals surface area contributed by atoms with Crippen LogP contribution in [0.1, 0.15) is 44.6 Å². The first-order chi connectivity index (χ1) is 15.0. The minimum Gasteiger partial charge on any atom is -0.494 e. The number of amides is 1. The Balaban J connectivity index is 1.74. The first-order valence-electron chi connectivity index (χ1n) is 10.5. The van der Waals surface area contributed by atoms with Crippen LogP contribution in [-0.4, -0.2) is 18.3 Å². The second-order valence-electron chi connectivity index (χ2n) is 7.73. The number of allylic oxidation sites excluding steroid dienone is 3. The number of halogens is 1. The normalized spacial score (nSPS) is 18.4. The lowest BCUT2D eigenvalue weighted by Crippen LogP contribution is -2.35. The Hall–Kier alpha value is -3.41. The van der Waals surface area contributed by atoms with Crippen LogP contribution >= 0.6 is 0 Å². The number of ketones is 1. The summed E-state index contributed by atoms with van der Waals surface area (Å²) in [6, 6.07) is 13.2. The van der Waals surface area contributed by atoms with Crippen molar-refractivity contribution in [2.45, 2.75) is 39.0 Å². The number of carbonyl (C=O) groups excluding carboxylic acids is 2. The SMILES string of the molecule is CCOc1ccc([C@@H]2C(C(=O)Nc3ccc(F)cc3)=C(C)NC3=C2C(=O)CCC3)cc1. The van der Waals surface area contributed by atoms with E-state index in [0.717, 1.165) is 29.9 Å². The average molecular weight is 420 g/mol. The summed E-state index contributed by atoms with van der Waals surface area (Å²) < 4.78 is 18.8. The molecule has 31 heavy (non-hydrogen) atoms. The fraction of sp³-hybridized carbons (Fsp3) is 0.280. The third-order valence-electron chi connectivity index (χ3n) is 5.65. The number of benzene rings is 2. The molecule has 4 rings (SSSR count). The van der Waals surface area contributed by atoms with Gasteiger partial charge < -0.3 is 15.4 Å². The molecule has 1 amide bonds. The van der Waals surface area contributed by atoms with Gasteiger partial charge in [-0.15, -0.1) is 0 Å². The molecular formula is C25H25FN2O3. The second-order valence-corrected chi connectivity index (χ2v) is 7.73. The van der Waals surface area contributed by atoms with E-state index in [1.165, 1.54) is 24.3 Å². The third kappa shape index (κ3) is 4.24. The van der Waals surface area contributed by atoms with Crippen LogP contribution in [0.3, 0.4) is 0 Å². The molecule has 0 spiro atoms. The lowest BCUT2D eigenvalue weighted by molar-refractivity contribution is -0.116. The highest BCUT2D eigenvalue weighted by molar-refractivity contribution is 6.09. The van der Waals surface area contributed by atoms with Crippen LogP contribution in [0, 0.1) is 5.82 Å². The van der Waals surface area contributed by atoms with Crippen molar-refractivity contribution in [2.75, 3.05) is 11.9 Å². The highest BCUT2D eigenvalue weighted by Crippen LogP contribution is 2.42. The van der Waals surface area contributed by atoms with Gasteiger partial charge in [0.2, 0.25) is 0 Å². The molecule has 0 radical (unpaired) electrons. The van der Waals surface area contributed by atoms with Gasteiger partial charge in [-0.2, -0.15) is 0 Å². The molecule has 0 aromatic heterocycles. The largest absolute Gasteiger partial charge is 0.494 e. The van der Waals surface area contributed by atoms with Crippen molar-refractivity contribution in [3.8, 4) is 5.75 Å². The third-order valence-corrected chi connectivity index (χ3v) is 5.65. The lowest BCUT2D eigenvalue weighted by Gasteiger charge is -2.34. The molecule has 0 bridgehead atoms. The average Bonchev–Trinajstić information content (AvgIpc) is 2.75. The number of carbonyl (C=O) groups is 2. The molecule has 1 aliphatic heterocycles. The molecule has 5 nitrogen and oxygen atoms in total. The Morgan fingerprint density at radius 2 is 1.84 bits per heavy atom. The van der Waals surface area contributed by atoms with Crippen LogP contribution in [-0.2, 0) is 9.59 Å². The van der Waals surface area contributed by atoms with Gasteiger partial charge >= 0.3 is 0 Å². The minimum atomic E-state index is -0.472. The standard InChI is InChI=1S/C25H25FN2O3/c1-3-31-19-13-7-16(8-14-19)23-22(25(30)28-18-11-9-17(26)10-12-18)15(2)27-20-5-4-6-21(29)24(20)23/h7-14,23,27H,3-6H2,1-2H3,(H,28,30)/t23-/m1/s1. The highest BCUT2D eigenvalue weighted by Gasteiger charge is 2.38. The predicted molar refractivity (Wildman–Crippen MR) is 117 cm³/mol. The molecule has 0 unspecified atom stereocenters. The van der Waals surface area contributed by atoms with Crippen molar-refractivity contribution in [3.63, 3.8) is 0 Å². The molecule has 160 valence electrons. The van der Waals surface area contributed by atoms with E-state index in [0.29, 0.717) is 35.6 Å². The zero-order chi connectivity index (χ0) is 22.0. The van der Waals surface area contributed by atoms with Crippen molar-refractivity contribution in [2.24, 2.45) is 0 Å². The summed E-state index contributed by atoms with van der Waals surface area (Å²) in [4.78, 5) is 26.3. The van der Waals surface area contributed by atoms with Gasteiger partial charge in [-0.1, -0.05) is 12.1 Å². The number of dihydropyridines is 1. The first-order valence-corrected chi connectivity index (χ1v) is 10.5. The van der Waals surface area contributed by atoms with Crippen molar-refractivity contribution in [3.05, 3.63) is 82.5 Å². The van der Waals surface area contributed by atoms with Crippen LogP contribution < -0.4 is 15.4 Å². The topological polar surface area (TPSA) is 67.4 Å². The van der Waals surface area contributed by atoms with E-state index < -0.39 is 5.92 Å². The van der Waals surface area contributed by atoms with E-state index in [2.05, 4.69) is 10.6 Å². The first kappa shape index (κ1) is 20.8. The van der Waals surface area contributed by atoms with Crippen LogP contribution in [0.25, 0.3) is 0 Å². The summed E-state index contributed by atoms with van der Waals surface area (Å²) in [7, 11) is 0. The number of ether oxygens (including phenoxy) is 1. The monoisotopic (exact) mass is 420 g/mol. The smallest absolute Gasteiger partial charge is 0.254 e. The van der Waals surface area contributed by atoms with E-state index in [4.69, 9.17) is 4.74 Å². The van der Waals surface area contributed by atoms with E-state index in [1.807, 2.05) is 38.1 Å². The summed E-state index contributed by atoms with van der Waals surface area (Å²) in [5, 5.41) is 6.15. The Kier molecular flexibility index (Phi) is 5.89. The molecule has 2 N–H and O–H groups in total. The fourth-order valence-electron chi connectivity index (χ4n) is 4.27. The molecule has 0 saturated heterocycles. The van der Waals surface area contributed by atoms with Gasteiger partial charge in [0.15, 0.2) is 5.78 Å². The molecule has 6 heteroatoms. The fourth-order valence-corrected chi connectivity index (χ4v) is 4.27. The number of anilines is 1. The Morgan fingerprint density at radius 3 is 2.52 bits per heavy atom. The zero-order valence-electron chi connectivity index (χ0n) is 17.6. The minimum absolute atomic E-state index is 0.0622. The lowest BCUT2D eigenvalue weighted by atomic mass is 9.75. The molecule has 1 atom stereocenters. The summed E-state index contributed by atoms with van der Waals surface area (Å²) in [5.74, 6) is -0.363. The maximum absolute atomic E-state index is 13.3.